The molecule has 1 fully saturated rings. The number of hydrogen-bond acceptors (Lipinski definition) is 2. The minimum Gasteiger partial charge on any atom is -0.303 e. The van der Waals surface area contributed by atoms with Gasteiger partial charge in [-0.2, -0.15) is 12.6 Å². The summed E-state index contributed by atoms with van der Waals surface area (Å²) in [6.45, 7) is 3.77. The van der Waals surface area contributed by atoms with Crippen LogP contribution < -0.4 is 0 Å². The molecule has 1 aromatic rings. The summed E-state index contributed by atoms with van der Waals surface area (Å²) in [5.41, 5.74) is 1.51. The largest absolute Gasteiger partial charge is 0.303 e. The van der Waals surface area contributed by atoms with Crippen molar-refractivity contribution in [1.29, 1.82) is 0 Å². The van der Waals surface area contributed by atoms with Crippen LogP contribution >= 0.6 is 12.6 Å². The number of benzene rings is 1. The van der Waals surface area contributed by atoms with E-state index in [0.717, 1.165) is 11.7 Å². The maximum Gasteiger partial charge on any atom is 0.00507 e. The molecule has 0 amide bonds. The summed E-state index contributed by atoms with van der Waals surface area (Å²) in [4.78, 5) is 2.60. The number of rotatable bonds is 5. The maximum absolute atomic E-state index is 4.25. The van der Waals surface area contributed by atoms with Crippen LogP contribution in [0, 0.1) is 0 Å². The first kappa shape index (κ1) is 12.0. The van der Waals surface area contributed by atoms with Crippen LogP contribution in [0.4, 0.5) is 0 Å². The molecule has 1 nitrogen and oxygen atoms in total. The second kappa shape index (κ2) is 6.31. The molecule has 2 heteroatoms. The van der Waals surface area contributed by atoms with E-state index in [1.165, 1.54) is 44.5 Å². The van der Waals surface area contributed by atoms with Gasteiger partial charge in [-0.15, -0.1) is 0 Å². The van der Waals surface area contributed by atoms with E-state index in [1.54, 1.807) is 0 Å². The fourth-order valence-corrected chi connectivity index (χ4v) is 2.70. The van der Waals surface area contributed by atoms with E-state index < -0.39 is 0 Å². The third-order valence-electron chi connectivity index (χ3n) is 3.43. The zero-order valence-electron chi connectivity index (χ0n) is 9.81. The molecule has 1 aliphatic rings. The van der Waals surface area contributed by atoms with Gasteiger partial charge in [-0.25, -0.2) is 0 Å². The molecule has 1 aromatic carbocycles. The Morgan fingerprint density at radius 1 is 1.19 bits per heavy atom. The molecule has 16 heavy (non-hydrogen) atoms. The van der Waals surface area contributed by atoms with E-state index in [1.807, 2.05) is 0 Å². The van der Waals surface area contributed by atoms with E-state index >= 15 is 0 Å². The van der Waals surface area contributed by atoms with Crippen LogP contribution in [0.1, 0.15) is 30.7 Å². The van der Waals surface area contributed by atoms with Crippen molar-refractivity contribution in [2.45, 2.75) is 25.2 Å². The number of thiol groups is 1. The molecule has 0 spiro atoms. The third kappa shape index (κ3) is 3.26. The topological polar surface area (TPSA) is 3.24 Å². The van der Waals surface area contributed by atoms with Gasteiger partial charge in [0.1, 0.15) is 0 Å². The van der Waals surface area contributed by atoms with Crippen molar-refractivity contribution >= 4 is 12.6 Å². The molecule has 0 N–H and O–H groups in total. The molecular formula is C14H21NS. The van der Waals surface area contributed by atoms with Crippen LogP contribution in [0.15, 0.2) is 30.3 Å². The fourth-order valence-electron chi connectivity index (χ4n) is 2.48. The molecule has 0 radical (unpaired) electrons. The highest BCUT2D eigenvalue weighted by molar-refractivity contribution is 7.80. The Morgan fingerprint density at radius 2 is 2.00 bits per heavy atom. The predicted octanol–water partition coefficient (Wildman–Crippen LogP) is 3.19. The number of nitrogens with zero attached hydrogens (tertiary/aromatic N) is 1. The summed E-state index contributed by atoms with van der Waals surface area (Å²) in [5.74, 6) is 1.79. The molecule has 0 aromatic heterocycles. The molecule has 1 atom stereocenters. The van der Waals surface area contributed by atoms with Crippen LogP contribution in [0.5, 0.6) is 0 Å². The van der Waals surface area contributed by atoms with Gasteiger partial charge in [0.25, 0.3) is 0 Å². The molecule has 0 bridgehead atoms. The van der Waals surface area contributed by atoms with E-state index in [9.17, 15) is 0 Å². The zero-order chi connectivity index (χ0) is 11.2. The lowest BCUT2D eigenvalue weighted by Gasteiger charge is -2.15. The first-order valence-corrected chi connectivity index (χ1v) is 6.91. The molecule has 1 unspecified atom stereocenters. The summed E-state index contributed by atoms with van der Waals surface area (Å²) in [6.07, 6.45) is 3.87. The lowest BCUT2D eigenvalue weighted by molar-refractivity contribution is 0.328. The molecule has 0 saturated carbocycles. The van der Waals surface area contributed by atoms with Gasteiger partial charge in [-0.1, -0.05) is 30.3 Å². The van der Waals surface area contributed by atoms with Gasteiger partial charge in [0.05, 0.1) is 0 Å². The van der Waals surface area contributed by atoms with Crippen LogP contribution in [0.2, 0.25) is 0 Å². The van der Waals surface area contributed by atoms with E-state index in [0.29, 0.717) is 0 Å². The molecule has 1 aliphatic heterocycles. The Hall–Kier alpha value is -0.470. The average Bonchev–Trinajstić information content (AvgIpc) is 2.79. The minimum absolute atomic E-state index is 0.761. The summed E-state index contributed by atoms with van der Waals surface area (Å²) in [7, 11) is 0. The van der Waals surface area contributed by atoms with E-state index in [2.05, 4.69) is 47.9 Å². The van der Waals surface area contributed by atoms with Crippen LogP contribution in [-0.4, -0.2) is 30.3 Å². The van der Waals surface area contributed by atoms with Crippen molar-refractivity contribution in [3.63, 3.8) is 0 Å². The smallest absolute Gasteiger partial charge is 0.00507 e. The Balaban J connectivity index is 1.79. The van der Waals surface area contributed by atoms with Gasteiger partial charge in [0.15, 0.2) is 0 Å². The third-order valence-corrected chi connectivity index (χ3v) is 3.74. The Kier molecular flexibility index (Phi) is 4.73. The van der Waals surface area contributed by atoms with E-state index in [-0.39, 0.29) is 0 Å². The highest BCUT2D eigenvalue weighted by Gasteiger charge is 2.22. The lowest BCUT2D eigenvalue weighted by Crippen LogP contribution is -2.21. The first-order chi connectivity index (χ1) is 7.90. The predicted molar refractivity (Wildman–Crippen MR) is 73.3 cm³/mol. The van der Waals surface area contributed by atoms with Crippen molar-refractivity contribution in [1.82, 2.24) is 4.90 Å². The van der Waals surface area contributed by atoms with Crippen LogP contribution in [0.25, 0.3) is 0 Å². The second-order valence-electron chi connectivity index (χ2n) is 4.63. The van der Waals surface area contributed by atoms with Crippen molar-refractivity contribution < 1.29 is 0 Å². The Morgan fingerprint density at radius 3 is 2.75 bits per heavy atom. The standard InChI is InChI=1S/C14H21NS/c16-11-5-4-9-15-10-8-14(12-15)13-6-2-1-3-7-13/h1-3,6-7,14,16H,4-5,8-12H2. The van der Waals surface area contributed by atoms with Crippen LogP contribution in [-0.2, 0) is 0 Å². The van der Waals surface area contributed by atoms with E-state index in [4.69, 9.17) is 0 Å². The highest BCUT2D eigenvalue weighted by atomic mass is 32.1. The summed E-state index contributed by atoms with van der Waals surface area (Å²) < 4.78 is 0. The first-order valence-electron chi connectivity index (χ1n) is 6.28. The summed E-state index contributed by atoms with van der Waals surface area (Å²) in [6, 6.07) is 10.9. The van der Waals surface area contributed by atoms with Crippen molar-refractivity contribution in [2.24, 2.45) is 0 Å². The molecule has 88 valence electrons. The lowest BCUT2D eigenvalue weighted by atomic mass is 9.99. The summed E-state index contributed by atoms with van der Waals surface area (Å²) >= 11 is 4.25. The molecule has 2 rings (SSSR count). The molecule has 0 aliphatic carbocycles. The average molecular weight is 235 g/mol. The monoisotopic (exact) mass is 235 g/mol. The number of likely N-dealkylation sites (tertiary alicyclic amines) is 1. The normalized spacial score (nSPS) is 21.4. The fraction of sp³-hybridized carbons (Fsp3) is 0.571. The van der Waals surface area contributed by atoms with Gasteiger partial charge in [0, 0.05) is 6.54 Å². The number of hydrogen-bond donors (Lipinski definition) is 1. The molecule has 1 saturated heterocycles. The number of unbranched alkanes of at least 4 members (excludes halogenated alkanes) is 1. The Labute approximate surface area is 104 Å². The second-order valence-corrected chi connectivity index (χ2v) is 5.07. The molecule has 1 heterocycles. The van der Waals surface area contributed by atoms with Crippen LogP contribution in [0.3, 0.4) is 0 Å². The van der Waals surface area contributed by atoms with Crippen molar-refractivity contribution in [2.75, 3.05) is 25.4 Å². The minimum atomic E-state index is 0.761. The summed E-state index contributed by atoms with van der Waals surface area (Å²) in [5, 5.41) is 0. The van der Waals surface area contributed by atoms with Gasteiger partial charge < -0.3 is 4.90 Å². The quantitative estimate of drug-likeness (QED) is 0.606. The van der Waals surface area contributed by atoms with Crippen molar-refractivity contribution in [3.05, 3.63) is 35.9 Å². The Bertz CT molecular complexity index is 299. The zero-order valence-corrected chi connectivity index (χ0v) is 10.7. The van der Waals surface area contributed by atoms with Gasteiger partial charge >= 0.3 is 0 Å². The SMILES string of the molecule is SCCCCN1CCC(c2ccccc2)C1. The maximum atomic E-state index is 4.25. The highest BCUT2D eigenvalue weighted by Crippen LogP contribution is 2.26. The van der Waals surface area contributed by atoms with Gasteiger partial charge in [-0.05, 0) is 49.6 Å². The van der Waals surface area contributed by atoms with Gasteiger partial charge in [0.2, 0.25) is 0 Å². The van der Waals surface area contributed by atoms with Crippen molar-refractivity contribution in [3.8, 4) is 0 Å². The molecular weight excluding hydrogens is 214 g/mol. The van der Waals surface area contributed by atoms with Gasteiger partial charge in [-0.3, -0.25) is 0 Å².